The molecule has 0 amide bonds. The minimum absolute atomic E-state index is 0.336. The van der Waals surface area contributed by atoms with Crippen molar-refractivity contribution in [3.05, 3.63) is 40.6 Å². The lowest BCUT2D eigenvalue weighted by Gasteiger charge is -2.34. The Morgan fingerprint density at radius 2 is 2.48 bits per heavy atom. The fourth-order valence-corrected chi connectivity index (χ4v) is 2.80. The van der Waals surface area contributed by atoms with E-state index in [1.54, 1.807) is 11.6 Å². The Bertz CT molecular complexity index is 648. The van der Waals surface area contributed by atoms with Gasteiger partial charge in [-0.05, 0) is 12.1 Å². The molecule has 0 saturated heterocycles. The summed E-state index contributed by atoms with van der Waals surface area (Å²) in [5.74, 6) is -0.548. The topological polar surface area (TPSA) is 51.7 Å². The first kappa shape index (κ1) is 13.8. The van der Waals surface area contributed by atoms with Crippen LogP contribution in [0.1, 0.15) is 5.69 Å². The molecule has 2 aromatic rings. The first-order valence-electron chi connectivity index (χ1n) is 6.33. The van der Waals surface area contributed by atoms with Crippen LogP contribution in [0.15, 0.2) is 29.1 Å². The monoisotopic (exact) mass is 308 g/mol. The molecular formula is C14H13FN2O3S. The number of hydrogen-bond acceptors (Lipinski definition) is 6. The van der Waals surface area contributed by atoms with Crippen LogP contribution in [-0.2, 0) is 16.1 Å². The molecule has 3 rings (SSSR count). The highest BCUT2D eigenvalue weighted by Gasteiger charge is 2.32. The average molecular weight is 308 g/mol. The molecule has 0 bridgehead atoms. The molecule has 0 aliphatic carbocycles. The molecule has 5 nitrogen and oxygen atoms in total. The predicted octanol–water partition coefficient (Wildman–Crippen LogP) is 2.22. The van der Waals surface area contributed by atoms with Crippen molar-refractivity contribution in [2.75, 3.05) is 18.6 Å². The SMILES string of the molecule is COC(=O)C1CN(Cc2cscn2)c2ccc(F)cc2O1. The molecule has 110 valence electrons. The number of aromatic nitrogens is 1. The van der Waals surface area contributed by atoms with Crippen molar-refractivity contribution >= 4 is 23.0 Å². The van der Waals surface area contributed by atoms with Crippen LogP contribution in [0.2, 0.25) is 0 Å². The predicted molar refractivity (Wildman–Crippen MR) is 76.0 cm³/mol. The minimum atomic E-state index is -0.775. The number of benzene rings is 1. The van der Waals surface area contributed by atoms with Crippen LogP contribution in [-0.4, -0.2) is 30.7 Å². The summed E-state index contributed by atoms with van der Waals surface area (Å²) in [4.78, 5) is 17.9. The molecule has 1 aromatic carbocycles. The van der Waals surface area contributed by atoms with Crippen molar-refractivity contribution in [3.8, 4) is 5.75 Å². The van der Waals surface area contributed by atoms with Gasteiger partial charge < -0.3 is 14.4 Å². The van der Waals surface area contributed by atoms with Gasteiger partial charge in [0.25, 0.3) is 0 Å². The maximum atomic E-state index is 13.4. The van der Waals surface area contributed by atoms with Crippen LogP contribution in [0.25, 0.3) is 0 Å². The molecular weight excluding hydrogens is 295 g/mol. The Morgan fingerprint density at radius 3 is 3.19 bits per heavy atom. The highest BCUT2D eigenvalue weighted by atomic mass is 32.1. The van der Waals surface area contributed by atoms with Crippen LogP contribution in [0, 0.1) is 5.82 Å². The van der Waals surface area contributed by atoms with E-state index in [1.165, 1.54) is 30.6 Å². The van der Waals surface area contributed by atoms with Gasteiger partial charge >= 0.3 is 5.97 Å². The van der Waals surface area contributed by atoms with Crippen LogP contribution < -0.4 is 9.64 Å². The van der Waals surface area contributed by atoms with Gasteiger partial charge in [-0.1, -0.05) is 0 Å². The third-order valence-corrected chi connectivity index (χ3v) is 3.85. The number of ether oxygens (including phenoxy) is 2. The van der Waals surface area contributed by atoms with Crippen molar-refractivity contribution < 1.29 is 18.7 Å². The highest BCUT2D eigenvalue weighted by molar-refractivity contribution is 7.07. The first-order valence-corrected chi connectivity index (χ1v) is 7.27. The minimum Gasteiger partial charge on any atom is -0.475 e. The number of hydrogen-bond donors (Lipinski definition) is 0. The number of thiazole rings is 1. The zero-order chi connectivity index (χ0) is 14.8. The summed E-state index contributed by atoms with van der Waals surface area (Å²) in [6, 6.07) is 4.29. The number of rotatable bonds is 3. The maximum Gasteiger partial charge on any atom is 0.348 e. The van der Waals surface area contributed by atoms with Gasteiger partial charge in [0.15, 0.2) is 0 Å². The van der Waals surface area contributed by atoms with Crippen molar-refractivity contribution in [1.29, 1.82) is 0 Å². The van der Waals surface area contributed by atoms with Gasteiger partial charge in [0.2, 0.25) is 6.10 Å². The van der Waals surface area contributed by atoms with Gasteiger partial charge in [-0.2, -0.15) is 0 Å². The highest BCUT2D eigenvalue weighted by Crippen LogP contribution is 2.35. The molecule has 1 atom stereocenters. The number of halogens is 1. The van der Waals surface area contributed by atoms with E-state index in [-0.39, 0.29) is 0 Å². The molecule has 0 radical (unpaired) electrons. The number of carbonyl (C=O) groups is 1. The van der Waals surface area contributed by atoms with Crippen molar-refractivity contribution in [3.63, 3.8) is 0 Å². The molecule has 1 aliphatic rings. The van der Waals surface area contributed by atoms with E-state index in [1.807, 2.05) is 10.3 Å². The zero-order valence-corrected chi connectivity index (χ0v) is 12.1. The van der Waals surface area contributed by atoms with Crippen molar-refractivity contribution in [2.45, 2.75) is 12.6 Å². The third-order valence-electron chi connectivity index (χ3n) is 3.22. The van der Waals surface area contributed by atoms with Gasteiger partial charge in [0.1, 0.15) is 11.6 Å². The van der Waals surface area contributed by atoms with Gasteiger partial charge in [-0.15, -0.1) is 11.3 Å². The zero-order valence-electron chi connectivity index (χ0n) is 11.3. The van der Waals surface area contributed by atoms with Crippen molar-refractivity contribution in [2.24, 2.45) is 0 Å². The lowest BCUT2D eigenvalue weighted by atomic mass is 10.1. The first-order chi connectivity index (χ1) is 10.2. The lowest BCUT2D eigenvalue weighted by molar-refractivity contribution is -0.148. The molecule has 0 fully saturated rings. The summed E-state index contributed by atoms with van der Waals surface area (Å²) in [5, 5.41) is 1.94. The smallest absolute Gasteiger partial charge is 0.348 e. The summed E-state index contributed by atoms with van der Waals surface area (Å²) in [6.45, 7) is 0.863. The fourth-order valence-electron chi connectivity index (χ4n) is 2.25. The molecule has 7 heteroatoms. The van der Waals surface area contributed by atoms with E-state index in [9.17, 15) is 9.18 Å². The van der Waals surface area contributed by atoms with Gasteiger partial charge in [0, 0.05) is 11.4 Å². The van der Waals surface area contributed by atoms with Crippen LogP contribution in [0.4, 0.5) is 10.1 Å². The van der Waals surface area contributed by atoms with Crippen LogP contribution in [0.3, 0.4) is 0 Å². The molecule has 1 aliphatic heterocycles. The second-order valence-electron chi connectivity index (χ2n) is 4.60. The summed E-state index contributed by atoms with van der Waals surface area (Å²) >= 11 is 1.50. The Morgan fingerprint density at radius 1 is 1.62 bits per heavy atom. The summed E-state index contributed by atoms with van der Waals surface area (Å²) in [7, 11) is 1.30. The van der Waals surface area contributed by atoms with Crippen LogP contribution in [0.5, 0.6) is 5.75 Å². The average Bonchev–Trinajstić information content (AvgIpc) is 2.98. The number of methoxy groups -OCH3 is 1. The van der Waals surface area contributed by atoms with Gasteiger partial charge in [0.05, 0.1) is 37.1 Å². The van der Waals surface area contributed by atoms with Gasteiger partial charge in [-0.3, -0.25) is 0 Å². The molecule has 21 heavy (non-hydrogen) atoms. The Kier molecular flexibility index (Phi) is 3.74. The largest absolute Gasteiger partial charge is 0.475 e. The second-order valence-corrected chi connectivity index (χ2v) is 5.32. The van der Waals surface area contributed by atoms with E-state index in [4.69, 9.17) is 9.47 Å². The number of anilines is 1. The van der Waals surface area contributed by atoms with E-state index >= 15 is 0 Å². The fraction of sp³-hybridized carbons (Fsp3) is 0.286. The second kappa shape index (κ2) is 5.69. The standard InChI is InChI=1S/C14H13FN2O3S/c1-19-14(18)13-6-17(5-10-7-21-8-16-10)11-3-2-9(15)4-12(11)20-13/h2-4,7-8,13H,5-6H2,1H3. The number of fused-ring (bicyclic) bond motifs is 1. The molecule has 1 unspecified atom stereocenters. The Labute approximate surface area is 124 Å². The Hall–Kier alpha value is -2.15. The number of carbonyl (C=O) groups excluding carboxylic acids is 1. The normalized spacial score (nSPS) is 17.0. The summed E-state index contributed by atoms with van der Waals surface area (Å²) < 4.78 is 23.6. The molecule has 0 saturated carbocycles. The summed E-state index contributed by atoms with van der Waals surface area (Å²) in [5.41, 5.74) is 3.38. The third kappa shape index (κ3) is 2.82. The molecule has 1 aromatic heterocycles. The van der Waals surface area contributed by atoms with E-state index in [0.29, 0.717) is 18.8 Å². The quantitative estimate of drug-likeness (QED) is 0.814. The number of esters is 1. The van der Waals surface area contributed by atoms with E-state index < -0.39 is 17.9 Å². The van der Waals surface area contributed by atoms with E-state index in [2.05, 4.69) is 4.98 Å². The number of nitrogens with zero attached hydrogens (tertiary/aromatic N) is 2. The summed E-state index contributed by atoms with van der Waals surface area (Å²) in [6.07, 6.45) is -0.775. The molecule has 2 heterocycles. The lowest BCUT2D eigenvalue weighted by Crippen LogP contribution is -2.44. The van der Waals surface area contributed by atoms with E-state index in [0.717, 1.165) is 11.4 Å². The Balaban J connectivity index is 1.92. The molecule has 0 spiro atoms. The maximum absolute atomic E-state index is 13.4. The van der Waals surface area contributed by atoms with Gasteiger partial charge in [-0.25, -0.2) is 14.2 Å². The van der Waals surface area contributed by atoms with Crippen molar-refractivity contribution in [1.82, 2.24) is 4.98 Å². The van der Waals surface area contributed by atoms with Crippen LogP contribution >= 0.6 is 11.3 Å². The molecule has 0 N–H and O–H groups in total.